The zero-order valence-electron chi connectivity index (χ0n) is 17.2. The predicted molar refractivity (Wildman–Crippen MR) is 116 cm³/mol. The zero-order valence-corrected chi connectivity index (χ0v) is 18.8. The minimum Gasteiger partial charge on any atom is -0.341 e. The van der Waals surface area contributed by atoms with Crippen molar-refractivity contribution in [2.75, 3.05) is 13.1 Å². The maximum atomic E-state index is 13.0. The van der Waals surface area contributed by atoms with Crippen molar-refractivity contribution in [2.24, 2.45) is 18.9 Å². The molecule has 7 heteroatoms. The minimum absolute atomic E-state index is 0.0340. The van der Waals surface area contributed by atoms with Gasteiger partial charge in [-0.15, -0.1) is 11.3 Å². The smallest absolute Gasteiger partial charge is 0.262 e. The van der Waals surface area contributed by atoms with Gasteiger partial charge in [0.2, 0.25) is 5.91 Å². The summed E-state index contributed by atoms with van der Waals surface area (Å²) in [7, 11) is 1.78. The number of amides is 1. The molecule has 152 valence electrons. The Kier molecular flexibility index (Phi) is 5.58. The lowest BCUT2D eigenvalue weighted by Gasteiger charge is -2.36. The molecule has 28 heavy (non-hydrogen) atoms. The van der Waals surface area contributed by atoms with Gasteiger partial charge in [-0.25, -0.2) is 4.98 Å². The first-order valence-corrected chi connectivity index (χ1v) is 12.0. The Bertz CT molecular complexity index is 955. The number of piperidine rings is 1. The van der Waals surface area contributed by atoms with Crippen LogP contribution in [-0.4, -0.2) is 38.7 Å². The van der Waals surface area contributed by atoms with Gasteiger partial charge in [0, 0.05) is 25.0 Å². The van der Waals surface area contributed by atoms with Crippen LogP contribution in [0.25, 0.3) is 10.2 Å². The van der Waals surface area contributed by atoms with E-state index in [1.165, 1.54) is 35.0 Å². The lowest BCUT2D eigenvalue weighted by molar-refractivity contribution is -0.132. The van der Waals surface area contributed by atoms with Crippen LogP contribution in [0.5, 0.6) is 0 Å². The highest BCUT2D eigenvalue weighted by Gasteiger charge is 2.30. The molecule has 0 aromatic carbocycles. The summed E-state index contributed by atoms with van der Waals surface area (Å²) in [6.45, 7) is 8.03. The maximum absolute atomic E-state index is 13.0. The Balaban J connectivity index is 1.60. The maximum Gasteiger partial charge on any atom is 0.262 e. The van der Waals surface area contributed by atoms with Crippen LogP contribution in [0.2, 0.25) is 0 Å². The van der Waals surface area contributed by atoms with Crippen molar-refractivity contribution in [3.05, 3.63) is 20.8 Å². The molecule has 2 aromatic rings. The van der Waals surface area contributed by atoms with Gasteiger partial charge in [-0.1, -0.05) is 25.6 Å². The standard InChI is InChI=1S/C21H29N3O2S2/c1-12-9-13(2)11-24(10-12)19(25)14(3)27-21-22-18-17(20(26)23(21)4)15-7-5-6-8-16(15)28-18/h12-14H,5-11H2,1-4H3. The number of thiophene rings is 1. The van der Waals surface area contributed by atoms with Crippen LogP contribution in [0.15, 0.2) is 9.95 Å². The Morgan fingerprint density at radius 1 is 1.21 bits per heavy atom. The summed E-state index contributed by atoms with van der Waals surface area (Å²) in [6.07, 6.45) is 5.57. The van der Waals surface area contributed by atoms with E-state index >= 15 is 0 Å². The molecule has 0 N–H and O–H groups in total. The summed E-state index contributed by atoms with van der Waals surface area (Å²) >= 11 is 3.08. The lowest BCUT2D eigenvalue weighted by atomic mass is 9.92. The summed E-state index contributed by atoms with van der Waals surface area (Å²) in [5, 5.41) is 1.21. The van der Waals surface area contributed by atoms with Crippen LogP contribution in [0, 0.1) is 11.8 Å². The van der Waals surface area contributed by atoms with Crippen molar-refractivity contribution >= 4 is 39.2 Å². The van der Waals surface area contributed by atoms with Crippen molar-refractivity contribution in [1.29, 1.82) is 0 Å². The quantitative estimate of drug-likeness (QED) is 0.560. The average Bonchev–Trinajstić information content (AvgIpc) is 3.02. The Morgan fingerprint density at radius 3 is 2.61 bits per heavy atom. The van der Waals surface area contributed by atoms with E-state index in [1.807, 2.05) is 11.8 Å². The molecule has 0 spiro atoms. The molecule has 2 aliphatic rings. The largest absolute Gasteiger partial charge is 0.341 e. The molecule has 1 aliphatic heterocycles. The molecular weight excluding hydrogens is 390 g/mol. The summed E-state index contributed by atoms with van der Waals surface area (Å²) in [4.78, 5) is 35.0. The molecule has 0 saturated carbocycles. The van der Waals surface area contributed by atoms with E-state index in [2.05, 4.69) is 13.8 Å². The van der Waals surface area contributed by atoms with E-state index in [1.54, 1.807) is 23.0 Å². The van der Waals surface area contributed by atoms with Crippen LogP contribution < -0.4 is 5.56 Å². The number of rotatable bonds is 3. The third-order valence-corrected chi connectivity index (χ3v) is 8.28. The molecule has 0 radical (unpaired) electrons. The van der Waals surface area contributed by atoms with Crippen LogP contribution in [0.4, 0.5) is 0 Å². The minimum atomic E-state index is -0.248. The number of hydrogen-bond acceptors (Lipinski definition) is 5. The van der Waals surface area contributed by atoms with Gasteiger partial charge in [0.15, 0.2) is 5.16 Å². The normalized spacial score (nSPS) is 23.6. The molecule has 1 saturated heterocycles. The number of thioether (sulfide) groups is 1. The number of nitrogens with zero attached hydrogens (tertiary/aromatic N) is 3. The fourth-order valence-corrected chi connectivity index (χ4v) is 6.94. The molecule has 1 aliphatic carbocycles. The molecule has 0 bridgehead atoms. The van der Waals surface area contributed by atoms with E-state index < -0.39 is 0 Å². The second-order valence-corrected chi connectivity index (χ2v) is 11.0. The third-order valence-electron chi connectivity index (χ3n) is 5.97. The van der Waals surface area contributed by atoms with Gasteiger partial charge < -0.3 is 4.90 Å². The van der Waals surface area contributed by atoms with Crippen molar-refractivity contribution in [1.82, 2.24) is 14.5 Å². The van der Waals surface area contributed by atoms with Crippen molar-refractivity contribution in [2.45, 2.75) is 63.3 Å². The molecule has 3 heterocycles. The average molecular weight is 420 g/mol. The molecular formula is C21H29N3O2S2. The molecule has 1 amide bonds. The monoisotopic (exact) mass is 419 g/mol. The van der Waals surface area contributed by atoms with Crippen molar-refractivity contribution in [3.63, 3.8) is 0 Å². The van der Waals surface area contributed by atoms with Gasteiger partial charge in [0.25, 0.3) is 5.56 Å². The third kappa shape index (κ3) is 3.63. The van der Waals surface area contributed by atoms with Gasteiger partial charge in [-0.3, -0.25) is 14.2 Å². The van der Waals surface area contributed by atoms with Gasteiger partial charge in [0.1, 0.15) is 4.83 Å². The number of likely N-dealkylation sites (tertiary alicyclic amines) is 1. The fraction of sp³-hybridized carbons (Fsp3) is 0.667. The summed E-state index contributed by atoms with van der Waals surface area (Å²) in [5.74, 6) is 1.24. The molecule has 3 atom stereocenters. The van der Waals surface area contributed by atoms with E-state index in [4.69, 9.17) is 4.98 Å². The number of fused-ring (bicyclic) bond motifs is 3. The molecule has 1 fully saturated rings. The topological polar surface area (TPSA) is 55.2 Å². The highest BCUT2D eigenvalue weighted by atomic mass is 32.2. The first-order chi connectivity index (χ1) is 13.3. The lowest BCUT2D eigenvalue weighted by Crippen LogP contribution is -2.45. The molecule has 4 rings (SSSR count). The summed E-state index contributed by atoms with van der Waals surface area (Å²) in [5.41, 5.74) is 1.25. The van der Waals surface area contributed by atoms with Crippen LogP contribution in [0.3, 0.4) is 0 Å². The molecule has 5 nitrogen and oxygen atoms in total. The molecule has 2 aromatic heterocycles. The number of aromatic nitrogens is 2. The highest BCUT2D eigenvalue weighted by Crippen LogP contribution is 2.35. The Labute approximate surface area is 174 Å². The summed E-state index contributed by atoms with van der Waals surface area (Å²) in [6, 6.07) is 0. The van der Waals surface area contributed by atoms with Gasteiger partial charge in [-0.2, -0.15) is 0 Å². The fourth-order valence-electron chi connectivity index (χ4n) is 4.68. The predicted octanol–water partition coefficient (Wildman–Crippen LogP) is 3.86. The van der Waals surface area contributed by atoms with Crippen molar-refractivity contribution in [3.8, 4) is 0 Å². The Hall–Kier alpha value is -1.34. The zero-order chi connectivity index (χ0) is 20.0. The van der Waals surface area contributed by atoms with Crippen LogP contribution in [0.1, 0.15) is 50.5 Å². The van der Waals surface area contributed by atoms with Crippen molar-refractivity contribution < 1.29 is 4.79 Å². The Morgan fingerprint density at radius 2 is 1.89 bits per heavy atom. The van der Waals surface area contributed by atoms with E-state index in [0.717, 1.165) is 42.6 Å². The van der Waals surface area contributed by atoms with E-state index in [0.29, 0.717) is 17.0 Å². The van der Waals surface area contributed by atoms with Crippen LogP contribution in [-0.2, 0) is 24.7 Å². The van der Waals surface area contributed by atoms with Gasteiger partial charge in [0.05, 0.1) is 10.6 Å². The highest BCUT2D eigenvalue weighted by molar-refractivity contribution is 8.00. The number of aryl methyl sites for hydroxylation is 2. The summed E-state index contributed by atoms with van der Waals surface area (Å²) < 4.78 is 1.64. The molecule has 3 unspecified atom stereocenters. The van der Waals surface area contributed by atoms with Gasteiger partial charge in [-0.05, 0) is 56.4 Å². The second kappa shape index (κ2) is 7.82. The number of carbonyl (C=O) groups is 1. The first-order valence-electron chi connectivity index (χ1n) is 10.3. The van der Waals surface area contributed by atoms with Gasteiger partial charge >= 0.3 is 0 Å². The number of hydrogen-bond donors (Lipinski definition) is 0. The number of carbonyl (C=O) groups excluding carboxylic acids is 1. The first kappa shape index (κ1) is 20.0. The van der Waals surface area contributed by atoms with E-state index in [9.17, 15) is 9.59 Å². The van der Waals surface area contributed by atoms with Crippen LogP contribution >= 0.6 is 23.1 Å². The SMILES string of the molecule is CC1CC(C)CN(C(=O)C(C)Sc2nc3sc4c(c3c(=O)n2C)CCCC4)C1. The van der Waals surface area contributed by atoms with E-state index in [-0.39, 0.29) is 16.7 Å². The second-order valence-electron chi connectivity index (χ2n) is 8.60.